The third kappa shape index (κ3) is 1.39. The second kappa shape index (κ2) is 3.31. The third-order valence-electron chi connectivity index (χ3n) is 3.06. The van der Waals surface area contributed by atoms with Gasteiger partial charge in [-0.15, -0.1) is 0 Å². The summed E-state index contributed by atoms with van der Waals surface area (Å²) in [6.07, 6.45) is -4.94. The molecule has 7 heteroatoms. The molecule has 0 spiro atoms. The van der Waals surface area contributed by atoms with Crippen molar-refractivity contribution in [1.82, 2.24) is 5.32 Å². The van der Waals surface area contributed by atoms with Crippen LogP contribution in [0, 0.1) is 0 Å². The Morgan fingerprint density at radius 1 is 1.40 bits per heavy atom. The Hall–Kier alpha value is -0.890. The molecule has 1 amide bonds. The van der Waals surface area contributed by atoms with Crippen molar-refractivity contribution in [3.63, 3.8) is 0 Å². The molecule has 2 aliphatic rings. The van der Waals surface area contributed by atoms with Gasteiger partial charge in [-0.2, -0.15) is 0 Å². The van der Waals surface area contributed by atoms with Gasteiger partial charge in [-0.1, -0.05) is 0 Å². The van der Waals surface area contributed by atoms with E-state index in [1.807, 2.05) is 0 Å². The van der Waals surface area contributed by atoms with E-state index in [9.17, 15) is 20.1 Å². The number of hydrogen-bond acceptors (Lipinski definition) is 6. The Kier molecular flexibility index (Phi) is 2.34. The van der Waals surface area contributed by atoms with Crippen LogP contribution in [0.1, 0.15) is 6.42 Å². The van der Waals surface area contributed by atoms with Crippen LogP contribution in [-0.4, -0.2) is 63.1 Å². The molecule has 0 aromatic heterocycles. The monoisotopic (exact) mass is 219 g/mol. The van der Waals surface area contributed by atoms with Crippen LogP contribution < -0.4 is 5.32 Å². The van der Waals surface area contributed by atoms with Crippen LogP contribution in [-0.2, 0) is 4.74 Å². The van der Waals surface area contributed by atoms with Gasteiger partial charge in [-0.25, -0.2) is 4.79 Å². The fourth-order valence-corrected chi connectivity index (χ4v) is 2.14. The lowest BCUT2D eigenvalue weighted by Gasteiger charge is -2.50. The largest absolute Gasteiger partial charge is 0.438 e. The Labute approximate surface area is 85.3 Å². The van der Waals surface area contributed by atoms with Gasteiger partial charge in [0.05, 0.1) is 12.6 Å². The molecule has 0 unspecified atom stereocenters. The molecule has 2 bridgehead atoms. The molecular weight excluding hydrogens is 206 g/mol. The highest BCUT2D eigenvalue weighted by atomic mass is 16.6. The smallest absolute Gasteiger partial charge is 0.408 e. The molecule has 7 nitrogen and oxygen atoms in total. The highest BCUT2D eigenvalue weighted by Gasteiger charge is 2.57. The highest BCUT2D eigenvalue weighted by Crippen LogP contribution is 2.35. The van der Waals surface area contributed by atoms with Crippen molar-refractivity contribution in [2.45, 2.75) is 36.4 Å². The first-order valence-electron chi connectivity index (χ1n) is 4.65. The number of nitrogens with one attached hydrogen (secondary N) is 1. The van der Waals surface area contributed by atoms with E-state index in [0.29, 0.717) is 0 Å². The van der Waals surface area contributed by atoms with Crippen LogP contribution in [0.25, 0.3) is 0 Å². The van der Waals surface area contributed by atoms with Crippen molar-refractivity contribution in [2.75, 3.05) is 6.61 Å². The minimum Gasteiger partial charge on any atom is -0.438 e. The number of aliphatic hydroxyl groups excluding tert-OH is 4. The van der Waals surface area contributed by atoms with Crippen molar-refractivity contribution >= 4 is 6.09 Å². The van der Waals surface area contributed by atoms with Crippen LogP contribution in [0.3, 0.4) is 0 Å². The predicted octanol–water partition coefficient (Wildman–Crippen LogP) is -2.69. The maximum atomic E-state index is 11.1. The van der Waals surface area contributed by atoms with E-state index in [2.05, 4.69) is 5.32 Å². The lowest BCUT2D eigenvalue weighted by atomic mass is 9.75. The second-order valence-electron chi connectivity index (χ2n) is 3.99. The second-order valence-corrected chi connectivity index (χ2v) is 3.99. The van der Waals surface area contributed by atoms with E-state index in [1.54, 1.807) is 0 Å². The van der Waals surface area contributed by atoms with Gasteiger partial charge in [0.25, 0.3) is 0 Å². The molecule has 1 saturated heterocycles. The third-order valence-corrected chi connectivity index (χ3v) is 3.06. The normalized spacial score (nSPS) is 49.5. The van der Waals surface area contributed by atoms with Crippen molar-refractivity contribution in [2.24, 2.45) is 0 Å². The summed E-state index contributed by atoms with van der Waals surface area (Å²) in [6.45, 7) is -0.595. The van der Waals surface area contributed by atoms with Gasteiger partial charge in [0.1, 0.15) is 18.3 Å². The highest BCUT2D eigenvalue weighted by molar-refractivity contribution is 5.69. The standard InChI is InChI=1S/C8H13NO6/c10-2-8-1-3(9-7(14)15-8)4(11)5(12)6(8)13/h3-6,10-13H,1-2H2,(H,9,14)/t3-,4-,5+,6+,8-/m1/s1. The van der Waals surface area contributed by atoms with E-state index < -0.39 is 42.7 Å². The molecule has 0 aromatic rings. The minimum absolute atomic E-state index is 0.0641. The van der Waals surface area contributed by atoms with E-state index in [-0.39, 0.29) is 6.42 Å². The number of carbonyl (C=O) groups is 1. The first kappa shape index (κ1) is 10.6. The topological polar surface area (TPSA) is 119 Å². The lowest BCUT2D eigenvalue weighted by Crippen LogP contribution is -2.72. The Balaban J connectivity index is 2.32. The summed E-state index contributed by atoms with van der Waals surface area (Å²) in [4.78, 5) is 11.1. The van der Waals surface area contributed by atoms with Crippen molar-refractivity contribution in [1.29, 1.82) is 0 Å². The van der Waals surface area contributed by atoms with Crippen LogP contribution in [0.2, 0.25) is 0 Å². The van der Waals surface area contributed by atoms with Crippen LogP contribution in [0.4, 0.5) is 4.79 Å². The molecule has 1 aliphatic heterocycles. The SMILES string of the molecule is O=C1N[C@@H]2C[C@](CO)(O1)[C@@H](O)[C@@H](O)[C@@H]2O. The summed E-state index contributed by atoms with van der Waals surface area (Å²) in [5, 5.41) is 40.1. The van der Waals surface area contributed by atoms with Gasteiger partial charge in [0.2, 0.25) is 0 Å². The van der Waals surface area contributed by atoms with E-state index in [4.69, 9.17) is 9.84 Å². The summed E-state index contributed by atoms with van der Waals surface area (Å²) in [7, 11) is 0. The molecule has 5 N–H and O–H groups in total. The molecule has 1 heterocycles. The molecule has 2 fully saturated rings. The molecule has 2 rings (SSSR count). The number of ether oxygens (including phenoxy) is 1. The van der Waals surface area contributed by atoms with E-state index in [1.165, 1.54) is 0 Å². The summed E-state index contributed by atoms with van der Waals surface area (Å²) in [6, 6.07) is -0.711. The van der Waals surface area contributed by atoms with Crippen LogP contribution in [0.5, 0.6) is 0 Å². The molecule has 1 aliphatic carbocycles. The molecule has 86 valence electrons. The Bertz CT molecular complexity index is 284. The average molecular weight is 219 g/mol. The first-order chi connectivity index (χ1) is 7.00. The fourth-order valence-electron chi connectivity index (χ4n) is 2.14. The number of aliphatic hydroxyl groups is 4. The average Bonchev–Trinajstić information content (AvgIpc) is 2.23. The fraction of sp³-hybridized carbons (Fsp3) is 0.875. The van der Waals surface area contributed by atoms with Gasteiger partial charge in [-0.05, 0) is 0 Å². The maximum Gasteiger partial charge on any atom is 0.408 e. The van der Waals surface area contributed by atoms with Crippen LogP contribution >= 0.6 is 0 Å². The van der Waals surface area contributed by atoms with Crippen molar-refractivity contribution < 1.29 is 30.0 Å². The number of hydrogen-bond donors (Lipinski definition) is 5. The summed E-state index contributed by atoms with van der Waals surface area (Å²) < 4.78 is 4.80. The van der Waals surface area contributed by atoms with Gasteiger partial charge in [0, 0.05) is 6.42 Å². The number of amides is 1. The summed E-state index contributed by atoms with van der Waals surface area (Å²) >= 11 is 0. The van der Waals surface area contributed by atoms with Gasteiger partial charge in [-0.3, -0.25) is 0 Å². The molecule has 0 aromatic carbocycles. The molecule has 1 saturated carbocycles. The van der Waals surface area contributed by atoms with Crippen LogP contribution in [0.15, 0.2) is 0 Å². The van der Waals surface area contributed by atoms with E-state index >= 15 is 0 Å². The van der Waals surface area contributed by atoms with Gasteiger partial charge >= 0.3 is 6.09 Å². The van der Waals surface area contributed by atoms with Gasteiger partial charge in [0.15, 0.2) is 5.60 Å². The zero-order valence-corrected chi connectivity index (χ0v) is 7.83. The quantitative estimate of drug-likeness (QED) is 0.328. The Morgan fingerprint density at radius 2 is 2.07 bits per heavy atom. The zero-order chi connectivity index (χ0) is 11.2. The lowest BCUT2D eigenvalue weighted by molar-refractivity contribution is -0.219. The Morgan fingerprint density at radius 3 is 2.67 bits per heavy atom. The minimum atomic E-state index is -1.51. The van der Waals surface area contributed by atoms with Crippen molar-refractivity contribution in [3.8, 4) is 0 Å². The summed E-state index contributed by atoms with van der Waals surface area (Å²) in [5.74, 6) is 0. The predicted molar refractivity (Wildman–Crippen MR) is 45.9 cm³/mol. The number of rotatable bonds is 1. The molecule has 0 radical (unpaired) electrons. The number of alkyl carbamates (subject to hydrolysis) is 1. The number of carbonyl (C=O) groups excluding carboxylic acids is 1. The zero-order valence-electron chi connectivity index (χ0n) is 7.83. The first-order valence-corrected chi connectivity index (χ1v) is 4.65. The van der Waals surface area contributed by atoms with Crippen molar-refractivity contribution in [3.05, 3.63) is 0 Å². The maximum absolute atomic E-state index is 11.1. The molecule has 5 atom stereocenters. The summed E-state index contributed by atoms with van der Waals surface area (Å²) in [5.41, 5.74) is -1.51. The molecular formula is C8H13NO6. The number of fused-ring (bicyclic) bond motifs is 2. The van der Waals surface area contributed by atoms with Gasteiger partial charge < -0.3 is 30.5 Å². The molecule has 15 heavy (non-hydrogen) atoms. The van der Waals surface area contributed by atoms with E-state index in [0.717, 1.165) is 0 Å².